The van der Waals surface area contributed by atoms with Crippen molar-refractivity contribution < 1.29 is 13.5 Å². The molecule has 88 valence electrons. The lowest BCUT2D eigenvalue weighted by atomic mass is 10.3. The van der Waals surface area contributed by atoms with Gasteiger partial charge in [-0.2, -0.15) is 0 Å². The van der Waals surface area contributed by atoms with Crippen LogP contribution in [0.3, 0.4) is 0 Å². The van der Waals surface area contributed by atoms with Crippen molar-refractivity contribution in [2.45, 2.75) is 0 Å². The van der Waals surface area contributed by atoms with Gasteiger partial charge in [0, 0.05) is 12.3 Å². The number of hydrogen-bond donors (Lipinski definition) is 0. The lowest BCUT2D eigenvalue weighted by Gasteiger charge is -2.06. The van der Waals surface area contributed by atoms with Crippen LogP contribution in [-0.2, 0) is 0 Å². The average Bonchev–Trinajstić information content (AvgIpc) is 2.27. The molecular formula is C11H5BrClF2NO. The SMILES string of the molecule is Fc1ccc(Oc2ncc(Cl)cc2Br)cc1F. The van der Waals surface area contributed by atoms with Gasteiger partial charge in [-0.15, -0.1) is 0 Å². The van der Waals surface area contributed by atoms with Crippen molar-refractivity contribution in [1.29, 1.82) is 0 Å². The molecule has 17 heavy (non-hydrogen) atoms. The molecule has 1 heterocycles. The molecule has 2 aromatic rings. The molecular weight excluding hydrogens is 315 g/mol. The highest BCUT2D eigenvalue weighted by atomic mass is 79.9. The van der Waals surface area contributed by atoms with E-state index in [9.17, 15) is 8.78 Å². The minimum atomic E-state index is -0.979. The summed E-state index contributed by atoms with van der Waals surface area (Å²) in [6, 6.07) is 4.82. The van der Waals surface area contributed by atoms with Crippen LogP contribution >= 0.6 is 27.5 Å². The zero-order chi connectivity index (χ0) is 12.4. The summed E-state index contributed by atoms with van der Waals surface area (Å²) in [6.45, 7) is 0. The van der Waals surface area contributed by atoms with Crippen LogP contribution in [0, 0.1) is 11.6 Å². The monoisotopic (exact) mass is 319 g/mol. The van der Waals surface area contributed by atoms with Gasteiger partial charge >= 0.3 is 0 Å². The van der Waals surface area contributed by atoms with E-state index in [1.807, 2.05) is 0 Å². The smallest absolute Gasteiger partial charge is 0.233 e. The largest absolute Gasteiger partial charge is 0.438 e. The van der Waals surface area contributed by atoms with Crippen molar-refractivity contribution in [1.82, 2.24) is 4.98 Å². The molecule has 0 saturated carbocycles. The van der Waals surface area contributed by atoms with E-state index in [0.29, 0.717) is 9.50 Å². The number of nitrogens with zero attached hydrogens (tertiary/aromatic N) is 1. The van der Waals surface area contributed by atoms with Crippen LogP contribution in [0.2, 0.25) is 5.02 Å². The lowest BCUT2D eigenvalue weighted by Crippen LogP contribution is -1.91. The van der Waals surface area contributed by atoms with E-state index in [-0.39, 0.29) is 11.6 Å². The Hall–Kier alpha value is -1.20. The first-order chi connectivity index (χ1) is 8.06. The van der Waals surface area contributed by atoms with Crippen molar-refractivity contribution in [3.05, 3.63) is 51.6 Å². The molecule has 2 rings (SSSR count). The summed E-state index contributed by atoms with van der Waals surface area (Å²) in [6.07, 6.45) is 1.39. The van der Waals surface area contributed by atoms with E-state index in [4.69, 9.17) is 16.3 Å². The second-order valence-corrected chi connectivity index (χ2v) is 4.41. The Labute approximate surface area is 109 Å². The molecule has 0 aliphatic heterocycles. The fraction of sp³-hybridized carbons (Fsp3) is 0. The van der Waals surface area contributed by atoms with Crippen LogP contribution in [0.1, 0.15) is 0 Å². The predicted octanol–water partition coefficient (Wildman–Crippen LogP) is 4.57. The number of ether oxygens (including phenoxy) is 1. The molecule has 0 saturated heterocycles. The van der Waals surface area contributed by atoms with E-state index in [1.54, 1.807) is 6.07 Å². The van der Waals surface area contributed by atoms with Gasteiger partial charge in [-0.1, -0.05) is 11.6 Å². The van der Waals surface area contributed by atoms with Gasteiger partial charge in [-0.25, -0.2) is 13.8 Å². The number of rotatable bonds is 2. The molecule has 0 fully saturated rings. The van der Waals surface area contributed by atoms with Crippen molar-refractivity contribution in [2.24, 2.45) is 0 Å². The minimum absolute atomic E-state index is 0.152. The molecule has 0 aliphatic carbocycles. The maximum atomic E-state index is 12.9. The van der Waals surface area contributed by atoms with Crippen molar-refractivity contribution in [3.63, 3.8) is 0 Å². The fourth-order valence-electron chi connectivity index (χ4n) is 1.13. The third-order valence-corrected chi connectivity index (χ3v) is 2.65. The first kappa shape index (κ1) is 12.3. The summed E-state index contributed by atoms with van der Waals surface area (Å²) in [5, 5.41) is 0.439. The van der Waals surface area contributed by atoms with Crippen LogP contribution in [0.4, 0.5) is 8.78 Å². The molecule has 0 aliphatic rings. The molecule has 2 nitrogen and oxygen atoms in total. The van der Waals surface area contributed by atoms with Gasteiger partial charge in [-0.05, 0) is 34.1 Å². The van der Waals surface area contributed by atoms with Crippen LogP contribution < -0.4 is 4.74 Å². The van der Waals surface area contributed by atoms with Crippen LogP contribution in [0.5, 0.6) is 11.6 Å². The van der Waals surface area contributed by atoms with Crippen LogP contribution in [0.25, 0.3) is 0 Å². The average molecular weight is 321 g/mol. The van der Waals surface area contributed by atoms with Gasteiger partial charge in [0.2, 0.25) is 5.88 Å². The molecule has 0 bridgehead atoms. The molecule has 1 aromatic heterocycles. The van der Waals surface area contributed by atoms with Gasteiger partial charge < -0.3 is 4.74 Å². The number of pyridine rings is 1. The standard InChI is InChI=1S/C11H5BrClF2NO/c12-8-3-6(13)5-16-11(8)17-7-1-2-9(14)10(15)4-7/h1-5H. The van der Waals surface area contributed by atoms with E-state index >= 15 is 0 Å². The number of benzene rings is 1. The Morgan fingerprint density at radius 1 is 1.18 bits per heavy atom. The van der Waals surface area contributed by atoms with E-state index in [0.717, 1.165) is 12.1 Å². The Morgan fingerprint density at radius 2 is 1.94 bits per heavy atom. The number of halogens is 4. The fourth-order valence-corrected chi connectivity index (χ4v) is 1.85. The van der Waals surface area contributed by atoms with Gasteiger partial charge in [0.15, 0.2) is 11.6 Å². The second kappa shape index (κ2) is 4.98. The molecule has 0 atom stereocenters. The lowest BCUT2D eigenvalue weighted by molar-refractivity contribution is 0.445. The molecule has 0 spiro atoms. The van der Waals surface area contributed by atoms with E-state index < -0.39 is 11.6 Å². The van der Waals surface area contributed by atoms with E-state index in [2.05, 4.69) is 20.9 Å². The van der Waals surface area contributed by atoms with Crippen LogP contribution in [-0.4, -0.2) is 4.98 Å². The molecule has 6 heteroatoms. The third-order valence-electron chi connectivity index (χ3n) is 1.88. The quantitative estimate of drug-likeness (QED) is 0.809. The maximum Gasteiger partial charge on any atom is 0.233 e. The summed E-state index contributed by atoms with van der Waals surface area (Å²) in [5.41, 5.74) is 0. The molecule has 1 aromatic carbocycles. The highest BCUT2D eigenvalue weighted by Crippen LogP contribution is 2.29. The molecule has 0 amide bonds. The topological polar surface area (TPSA) is 22.1 Å². The highest BCUT2D eigenvalue weighted by molar-refractivity contribution is 9.10. The van der Waals surface area contributed by atoms with Gasteiger partial charge in [0.1, 0.15) is 5.75 Å². The normalized spacial score (nSPS) is 10.4. The Morgan fingerprint density at radius 3 is 2.59 bits per heavy atom. The number of aromatic nitrogens is 1. The molecule has 0 N–H and O–H groups in total. The predicted molar refractivity (Wildman–Crippen MR) is 63.4 cm³/mol. The molecule has 0 radical (unpaired) electrons. The zero-order valence-corrected chi connectivity index (χ0v) is 10.6. The van der Waals surface area contributed by atoms with Crippen molar-refractivity contribution >= 4 is 27.5 Å². The Balaban J connectivity index is 2.28. The number of hydrogen-bond acceptors (Lipinski definition) is 2. The summed E-state index contributed by atoms with van der Waals surface area (Å²) in [4.78, 5) is 3.91. The highest BCUT2D eigenvalue weighted by Gasteiger charge is 2.08. The summed E-state index contributed by atoms with van der Waals surface area (Å²) >= 11 is 8.91. The Kier molecular flexibility index (Phi) is 3.59. The van der Waals surface area contributed by atoms with Crippen LogP contribution in [0.15, 0.2) is 34.9 Å². The summed E-state index contributed by atoms with van der Waals surface area (Å²) in [7, 11) is 0. The summed E-state index contributed by atoms with van der Waals surface area (Å²) in [5.74, 6) is -1.53. The van der Waals surface area contributed by atoms with Gasteiger partial charge in [0.25, 0.3) is 0 Å². The maximum absolute atomic E-state index is 12.9. The van der Waals surface area contributed by atoms with E-state index in [1.165, 1.54) is 12.3 Å². The first-order valence-electron chi connectivity index (χ1n) is 4.50. The first-order valence-corrected chi connectivity index (χ1v) is 5.67. The summed E-state index contributed by atoms with van der Waals surface area (Å²) < 4.78 is 31.4. The minimum Gasteiger partial charge on any atom is -0.438 e. The Bertz CT molecular complexity index is 565. The van der Waals surface area contributed by atoms with Crippen molar-refractivity contribution in [3.8, 4) is 11.6 Å². The zero-order valence-electron chi connectivity index (χ0n) is 8.25. The second-order valence-electron chi connectivity index (χ2n) is 3.12. The van der Waals surface area contributed by atoms with Gasteiger partial charge in [-0.3, -0.25) is 0 Å². The van der Waals surface area contributed by atoms with Crippen molar-refractivity contribution in [2.75, 3.05) is 0 Å². The van der Waals surface area contributed by atoms with Gasteiger partial charge in [0.05, 0.1) is 9.50 Å². The molecule has 0 unspecified atom stereocenters. The third kappa shape index (κ3) is 2.92.